The predicted molar refractivity (Wildman–Crippen MR) is 83.8 cm³/mol. The maximum Gasteiger partial charge on any atom is 0.223 e. The van der Waals surface area contributed by atoms with Crippen LogP contribution >= 0.6 is 0 Å². The van der Waals surface area contributed by atoms with Crippen LogP contribution in [0.25, 0.3) is 0 Å². The molecule has 0 spiro atoms. The Morgan fingerprint density at radius 2 is 1.95 bits per heavy atom. The molecule has 0 bridgehead atoms. The van der Waals surface area contributed by atoms with Crippen molar-refractivity contribution in [2.75, 3.05) is 7.11 Å². The van der Waals surface area contributed by atoms with Crippen molar-refractivity contribution in [3.8, 4) is 0 Å². The first-order valence-electron chi connectivity index (χ1n) is 7.64. The SMILES string of the molecule is CCCCCC(O)C(OC)C(Cc1ccccc1)C(N)=O. The van der Waals surface area contributed by atoms with Crippen LogP contribution in [0, 0.1) is 5.92 Å². The molecule has 0 aliphatic carbocycles. The number of hydrogen-bond donors (Lipinski definition) is 2. The first kappa shape index (κ1) is 17.7. The molecule has 0 aromatic heterocycles. The topological polar surface area (TPSA) is 72.6 Å². The fourth-order valence-corrected chi connectivity index (χ4v) is 2.60. The number of hydrogen-bond acceptors (Lipinski definition) is 3. The average molecular weight is 293 g/mol. The van der Waals surface area contributed by atoms with Crippen molar-refractivity contribution in [2.45, 2.75) is 51.2 Å². The minimum atomic E-state index is -0.664. The highest BCUT2D eigenvalue weighted by atomic mass is 16.5. The zero-order valence-corrected chi connectivity index (χ0v) is 13.0. The van der Waals surface area contributed by atoms with E-state index in [1.165, 1.54) is 7.11 Å². The number of primary amides is 1. The maximum absolute atomic E-state index is 11.8. The lowest BCUT2D eigenvalue weighted by atomic mass is 9.88. The van der Waals surface area contributed by atoms with Gasteiger partial charge in [0.2, 0.25) is 5.91 Å². The van der Waals surface area contributed by atoms with Gasteiger partial charge < -0.3 is 15.6 Å². The van der Waals surface area contributed by atoms with Gasteiger partial charge in [-0.1, -0.05) is 56.5 Å². The van der Waals surface area contributed by atoms with Gasteiger partial charge in [-0.3, -0.25) is 4.79 Å². The normalized spacial score (nSPS) is 15.4. The summed E-state index contributed by atoms with van der Waals surface area (Å²) in [5.41, 5.74) is 6.54. The van der Waals surface area contributed by atoms with Crippen molar-refractivity contribution in [1.29, 1.82) is 0 Å². The van der Waals surface area contributed by atoms with Crippen LogP contribution in [-0.4, -0.2) is 30.3 Å². The molecular weight excluding hydrogens is 266 g/mol. The molecule has 3 unspecified atom stereocenters. The third-order valence-corrected chi connectivity index (χ3v) is 3.82. The van der Waals surface area contributed by atoms with E-state index in [-0.39, 0.29) is 0 Å². The minimum absolute atomic E-state index is 0.430. The smallest absolute Gasteiger partial charge is 0.223 e. The van der Waals surface area contributed by atoms with Crippen LogP contribution < -0.4 is 5.73 Å². The molecule has 1 aromatic rings. The third kappa shape index (κ3) is 5.86. The second-order valence-electron chi connectivity index (χ2n) is 5.46. The summed E-state index contributed by atoms with van der Waals surface area (Å²) in [4.78, 5) is 11.8. The molecule has 0 heterocycles. The number of methoxy groups -OCH3 is 1. The summed E-state index contributed by atoms with van der Waals surface area (Å²) in [6, 6.07) is 9.67. The van der Waals surface area contributed by atoms with Crippen molar-refractivity contribution in [3.05, 3.63) is 35.9 Å². The van der Waals surface area contributed by atoms with Gasteiger partial charge in [0.15, 0.2) is 0 Å². The molecule has 0 saturated heterocycles. The Balaban J connectivity index is 2.73. The van der Waals surface area contributed by atoms with E-state index < -0.39 is 24.0 Å². The number of benzene rings is 1. The molecule has 3 N–H and O–H groups in total. The summed E-state index contributed by atoms with van der Waals surface area (Å²) < 4.78 is 5.39. The lowest BCUT2D eigenvalue weighted by Gasteiger charge is -2.28. The number of unbranched alkanes of at least 4 members (excludes halogenated alkanes) is 2. The highest BCUT2D eigenvalue weighted by Gasteiger charge is 2.32. The van der Waals surface area contributed by atoms with E-state index in [1.54, 1.807) is 0 Å². The van der Waals surface area contributed by atoms with Gasteiger partial charge in [-0.15, -0.1) is 0 Å². The second kappa shape index (κ2) is 9.53. The van der Waals surface area contributed by atoms with Crippen LogP contribution in [0.2, 0.25) is 0 Å². The summed E-state index contributed by atoms with van der Waals surface area (Å²) in [5.74, 6) is -0.950. The number of nitrogens with two attached hydrogens (primary N) is 1. The van der Waals surface area contributed by atoms with E-state index in [0.717, 1.165) is 24.8 Å². The van der Waals surface area contributed by atoms with Gasteiger partial charge in [0, 0.05) is 7.11 Å². The Labute approximate surface area is 127 Å². The maximum atomic E-state index is 11.8. The molecule has 1 rings (SSSR count). The van der Waals surface area contributed by atoms with Crippen molar-refractivity contribution < 1.29 is 14.6 Å². The van der Waals surface area contributed by atoms with Gasteiger partial charge in [-0.25, -0.2) is 0 Å². The second-order valence-corrected chi connectivity index (χ2v) is 5.46. The fourth-order valence-electron chi connectivity index (χ4n) is 2.60. The van der Waals surface area contributed by atoms with Gasteiger partial charge in [-0.2, -0.15) is 0 Å². The van der Waals surface area contributed by atoms with Crippen LogP contribution in [0.5, 0.6) is 0 Å². The van der Waals surface area contributed by atoms with Crippen LogP contribution in [0.4, 0.5) is 0 Å². The quantitative estimate of drug-likeness (QED) is 0.650. The van der Waals surface area contributed by atoms with E-state index in [2.05, 4.69) is 6.92 Å². The lowest BCUT2D eigenvalue weighted by Crippen LogP contribution is -2.43. The number of carbonyl (C=O) groups excluding carboxylic acids is 1. The largest absolute Gasteiger partial charge is 0.390 e. The zero-order valence-electron chi connectivity index (χ0n) is 13.0. The average Bonchev–Trinajstić information content (AvgIpc) is 2.48. The molecule has 0 radical (unpaired) electrons. The van der Waals surface area contributed by atoms with Crippen molar-refractivity contribution in [3.63, 3.8) is 0 Å². The van der Waals surface area contributed by atoms with Gasteiger partial charge in [0.25, 0.3) is 0 Å². The Morgan fingerprint density at radius 1 is 1.29 bits per heavy atom. The monoisotopic (exact) mass is 293 g/mol. The van der Waals surface area contributed by atoms with Crippen molar-refractivity contribution >= 4 is 5.91 Å². The molecule has 0 aliphatic rings. The molecule has 3 atom stereocenters. The first-order valence-corrected chi connectivity index (χ1v) is 7.64. The van der Waals surface area contributed by atoms with Gasteiger partial charge in [0.05, 0.1) is 18.1 Å². The first-order chi connectivity index (χ1) is 10.1. The summed E-state index contributed by atoms with van der Waals surface area (Å²) >= 11 is 0. The Bertz CT molecular complexity index is 408. The number of aliphatic hydroxyl groups is 1. The van der Waals surface area contributed by atoms with Crippen molar-refractivity contribution in [2.24, 2.45) is 11.7 Å². The van der Waals surface area contributed by atoms with Crippen LogP contribution in [0.15, 0.2) is 30.3 Å². The number of amides is 1. The molecule has 0 saturated carbocycles. The Morgan fingerprint density at radius 3 is 2.48 bits per heavy atom. The third-order valence-electron chi connectivity index (χ3n) is 3.82. The Hall–Kier alpha value is -1.39. The molecule has 21 heavy (non-hydrogen) atoms. The number of carbonyl (C=O) groups is 1. The van der Waals surface area contributed by atoms with Gasteiger partial charge >= 0.3 is 0 Å². The number of ether oxygens (including phenoxy) is 1. The fraction of sp³-hybridized carbons (Fsp3) is 0.588. The van der Waals surface area contributed by atoms with Crippen LogP contribution in [0.1, 0.15) is 38.2 Å². The Kier molecular flexibility index (Phi) is 8.01. The molecular formula is C17H27NO3. The highest BCUT2D eigenvalue weighted by molar-refractivity contribution is 5.77. The van der Waals surface area contributed by atoms with E-state index in [4.69, 9.17) is 10.5 Å². The number of rotatable bonds is 10. The van der Waals surface area contributed by atoms with E-state index in [0.29, 0.717) is 12.8 Å². The van der Waals surface area contributed by atoms with E-state index in [9.17, 15) is 9.90 Å². The predicted octanol–water partition coefficient (Wildman–Crippen LogP) is 2.29. The summed E-state index contributed by atoms with van der Waals surface area (Å²) in [6.07, 6.45) is 2.97. The molecule has 0 aliphatic heterocycles. The van der Waals surface area contributed by atoms with Gasteiger partial charge in [-0.05, 0) is 18.4 Å². The molecule has 118 valence electrons. The summed E-state index contributed by atoms with van der Waals surface area (Å²) in [7, 11) is 1.52. The summed E-state index contributed by atoms with van der Waals surface area (Å²) in [5, 5.41) is 10.3. The molecule has 4 heteroatoms. The van der Waals surface area contributed by atoms with E-state index >= 15 is 0 Å². The molecule has 1 aromatic carbocycles. The number of aliphatic hydroxyl groups excluding tert-OH is 1. The van der Waals surface area contributed by atoms with Crippen LogP contribution in [0.3, 0.4) is 0 Å². The summed E-state index contributed by atoms with van der Waals surface area (Å²) in [6.45, 7) is 2.11. The minimum Gasteiger partial charge on any atom is -0.390 e. The van der Waals surface area contributed by atoms with E-state index in [1.807, 2.05) is 30.3 Å². The molecule has 0 fully saturated rings. The molecule has 1 amide bonds. The van der Waals surface area contributed by atoms with Crippen LogP contribution in [-0.2, 0) is 16.0 Å². The standard InChI is InChI=1S/C17H27NO3/c1-3-4-6-11-15(19)16(21-2)14(17(18)20)12-13-9-7-5-8-10-13/h5,7-10,14-16,19H,3-4,6,11-12H2,1-2H3,(H2,18,20). The lowest BCUT2D eigenvalue weighted by molar-refractivity contribution is -0.131. The highest BCUT2D eigenvalue weighted by Crippen LogP contribution is 2.20. The van der Waals surface area contributed by atoms with Gasteiger partial charge in [0.1, 0.15) is 0 Å². The van der Waals surface area contributed by atoms with Crippen molar-refractivity contribution in [1.82, 2.24) is 0 Å². The zero-order chi connectivity index (χ0) is 15.7. The molecule has 4 nitrogen and oxygen atoms in total.